The van der Waals surface area contributed by atoms with Crippen LogP contribution >= 0.6 is 0 Å². The fraction of sp³-hybridized carbons (Fsp3) is 0.368. The van der Waals surface area contributed by atoms with Gasteiger partial charge >= 0.3 is 0 Å². The van der Waals surface area contributed by atoms with E-state index >= 15 is 0 Å². The largest absolute Gasteiger partial charge is 0.313 e. The Morgan fingerprint density at radius 3 is 2.35 bits per heavy atom. The fourth-order valence-corrected chi connectivity index (χ4v) is 2.69. The van der Waals surface area contributed by atoms with E-state index in [1.54, 1.807) is 0 Å². The molecule has 1 heteroatoms. The number of aryl methyl sites for hydroxylation is 2. The van der Waals surface area contributed by atoms with Crippen LogP contribution in [0, 0.1) is 0 Å². The third-order valence-corrected chi connectivity index (χ3v) is 3.81. The maximum absolute atomic E-state index is 3.46. The maximum atomic E-state index is 3.46. The van der Waals surface area contributed by atoms with Crippen LogP contribution in [0.4, 0.5) is 0 Å². The van der Waals surface area contributed by atoms with Crippen molar-refractivity contribution in [3.05, 3.63) is 71.3 Å². The summed E-state index contributed by atoms with van der Waals surface area (Å²) in [5.41, 5.74) is 4.27. The molecule has 0 saturated carbocycles. The van der Waals surface area contributed by atoms with Crippen LogP contribution in [0.15, 0.2) is 54.6 Å². The molecule has 0 fully saturated rings. The molecule has 0 spiro atoms. The van der Waals surface area contributed by atoms with E-state index in [-0.39, 0.29) is 0 Å². The Morgan fingerprint density at radius 1 is 0.900 bits per heavy atom. The van der Waals surface area contributed by atoms with Crippen LogP contribution < -0.4 is 5.32 Å². The average molecular weight is 267 g/mol. The van der Waals surface area contributed by atoms with E-state index in [0.717, 1.165) is 12.8 Å². The summed E-state index contributed by atoms with van der Waals surface area (Å²) in [6, 6.07) is 20.2. The Bertz CT molecular complexity index is 504. The Hall–Kier alpha value is -1.60. The van der Waals surface area contributed by atoms with Crippen LogP contribution in [0.25, 0.3) is 0 Å². The van der Waals surface area contributed by atoms with Crippen LogP contribution in [0.3, 0.4) is 0 Å². The summed E-state index contributed by atoms with van der Waals surface area (Å²) in [5.74, 6) is 0. The van der Waals surface area contributed by atoms with E-state index in [1.165, 1.54) is 29.5 Å². The van der Waals surface area contributed by atoms with Crippen LogP contribution in [0.2, 0.25) is 0 Å². The van der Waals surface area contributed by atoms with Crippen molar-refractivity contribution in [1.82, 2.24) is 5.32 Å². The predicted molar refractivity (Wildman–Crippen MR) is 87.0 cm³/mol. The highest BCUT2D eigenvalue weighted by Gasteiger charge is 2.09. The van der Waals surface area contributed by atoms with E-state index < -0.39 is 0 Å². The lowest BCUT2D eigenvalue weighted by Crippen LogP contribution is -2.17. The molecule has 0 aliphatic rings. The molecule has 0 saturated heterocycles. The quantitative estimate of drug-likeness (QED) is 0.777. The minimum atomic E-state index is 0.437. The van der Waals surface area contributed by atoms with Gasteiger partial charge in [-0.3, -0.25) is 0 Å². The van der Waals surface area contributed by atoms with Gasteiger partial charge in [-0.25, -0.2) is 0 Å². The molecule has 0 aliphatic carbocycles. The summed E-state index contributed by atoms with van der Waals surface area (Å²) in [6.07, 6.45) is 4.63. The summed E-state index contributed by atoms with van der Waals surface area (Å²) in [5, 5.41) is 3.46. The van der Waals surface area contributed by atoms with E-state index in [9.17, 15) is 0 Å². The van der Waals surface area contributed by atoms with Gasteiger partial charge in [-0.15, -0.1) is 0 Å². The van der Waals surface area contributed by atoms with Crippen molar-refractivity contribution < 1.29 is 0 Å². The number of hydrogen-bond donors (Lipinski definition) is 1. The van der Waals surface area contributed by atoms with Crippen molar-refractivity contribution in [2.45, 2.75) is 38.6 Å². The zero-order valence-corrected chi connectivity index (χ0v) is 12.6. The molecule has 1 unspecified atom stereocenters. The molecule has 2 aromatic rings. The first-order valence-corrected chi connectivity index (χ1v) is 7.63. The molecule has 0 aromatic heterocycles. The van der Waals surface area contributed by atoms with Crippen molar-refractivity contribution in [2.75, 3.05) is 7.05 Å². The molecule has 106 valence electrons. The molecule has 1 N–H and O–H groups in total. The summed E-state index contributed by atoms with van der Waals surface area (Å²) in [7, 11) is 2.06. The van der Waals surface area contributed by atoms with Crippen LogP contribution in [-0.2, 0) is 12.8 Å². The van der Waals surface area contributed by atoms with Crippen LogP contribution in [0.5, 0.6) is 0 Å². The summed E-state index contributed by atoms with van der Waals surface area (Å²) >= 11 is 0. The average Bonchev–Trinajstić information content (AvgIpc) is 2.50. The van der Waals surface area contributed by atoms with Crippen molar-refractivity contribution >= 4 is 0 Å². The second kappa shape index (κ2) is 7.86. The molecule has 0 amide bonds. The summed E-state index contributed by atoms with van der Waals surface area (Å²) < 4.78 is 0. The van der Waals surface area contributed by atoms with Gasteiger partial charge in [-0.1, -0.05) is 67.9 Å². The predicted octanol–water partition coefficient (Wildman–Crippen LogP) is 4.53. The smallest absolute Gasteiger partial charge is 0.0320 e. The highest BCUT2D eigenvalue weighted by atomic mass is 14.9. The Labute approximate surface area is 123 Å². The number of hydrogen-bond acceptors (Lipinski definition) is 1. The zero-order valence-electron chi connectivity index (χ0n) is 12.6. The molecule has 0 bridgehead atoms. The van der Waals surface area contributed by atoms with Crippen molar-refractivity contribution in [1.29, 1.82) is 0 Å². The standard InChI is InChI=1S/C19H25N/c1-3-8-17-11-7-12-18(15-17)19(20-2)14-13-16-9-5-4-6-10-16/h4-7,9-12,15,19-20H,3,8,13-14H2,1-2H3. The van der Waals surface area contributed by atoms with Gasteiger partial charge in [0.1, 0.15) is 0 Å². The second-order valence-electron chi connectivity index (χ2n) is 5.36. The molecular weight excluding hydrogens is 242 g/mol. The first kappa shape index (κ1) is 14.8. The van der Waals surface area contributed by atoms with Gasteiger partial charge in [0.25, 0.3) is 0 Å². The Balaban J connectivity index is 2.02. The molecular formula is C19H25N. The van der Waals surface area contributed by atoms with Crippen molar-refractivity contribution in [2.24, 2.45) is 0 Å². The minimum Gasteiger partial charge on any atom is -0.313 e. The van der Waals surface area contributed by atoms with Gasteiger partial charge in [0.05, 0.1) is 0 Å². The first-order chi connectivity index (χ1) is 9.83. The van der Waals surface area contributed by atoms with Crippen molar-refractivity contribution in [3.63, 3.8) is 0 Å². The van der Waals surface area contributed by atoms with E-state index in [0.29, 0.717) is 6.04 Å². The third kappa shape index (κ3) is 4.21. The van der Waals surface area contributed by atoms with E-state index in [4.69, 9.17) is 0 Å². The van der Waals surface area contributed by atoms with Crippen molar-refractivity contribution in [3.8, 4) is 0 Å². The lowest BCUT2D eigenvalue weighted by Gasteiger charge is -2.17. The molecule has 0 heterocycles. The normalized spacial score (nSPS) is 12.3. The van der Waals surface area contributed by atoms with Gasteiger partial charge in [0.2, 0.25) is 0 Å². The molecule has 1 atom stereocenters. The highest BCUT2D eigenvalue weighted by molar-refractivity contribution is 5.26. The Kier molecular flexibility index (Phi) is 5.82. The van der Waals surface area contributed by atoms with Gasteiger partial charge in [0, 0.05) is 6.04 Å². The number of rotatable bonds is 7. The lowest BCUT2D eigenvalue weighted by molar-refractivity contribution is 0.548. The molecule has 2 aromatic carbocycles. The topological polar surface area (TPSA) is 12.0 Å². The third-order valence-electron chi connectivity index (χ3n) is 3.81. The maximum Gasteiger partial charge on any atom is 0.0320 e. The monoisotopic (exact) mass is 267 g/mol. The first-order valence-electron chi connectivity index (χ1n) is 7.63. The molecule has 2 rings (SSSR count). The molecule has 0 aliphatic heterocycles. The SMILES string of the molecule is CCCc1cccc(C(CCc2ccccc2)NC)c1. The minimum absolute atomic E-state index is 0.437. The number of nitrogens with one attached hydrogen (secondary N) is 1. The van der Waals surface area contributed by atoms with Gasteiger partial charge in [-0.05, 0) is 43.0 Å². The Morgan fingerprint density at radius 2 is 1.65 bits per heavy atom. The second-order valence-corrected chi connectivity index (χ2v) is 5.36. The van der Waals surface area contributed by atoms with Crippen LogP contribution in [0.1, 0.15) is 42.5 Å². The van der Waals surface area contributed by atoms with Gasteiger partial charge in [-0.2, -0.15) is 0 Å². The van der Waals surface area contributed by atoms with E-state index in [1.807, 2.05) is 0 Å². The summed E-state index contributed by atoms with van der Waals surface area (Å²) in [4.78, 5) is 0. The molecule has 20 heavy (non-hydrogen) atoms. The highest BCUT2D eigenvalue weighted by Crippen LogP contribution is 2.20. The lowest BCUT2D eigenvalue weighted by atomic mass is 9.97. The van der Waals surface area contributed by atoms with Gasteiger partial charge in [0.15, 0.2) is 0 Å². The molecule has 1 nitrogen and oxygen atoms in total. The summed E-state index contributed by atoms with van der Waals surface area (Å²) in [6.45, 7) is 2.23. The number of benzene rings is 2. The fourth-order valence-electron chi connectivity index (χ4n) is 2.69. The molecule has 0 radical (unpaired) electrons. The zero-order chi connectivity index (χ0) is 14.2. The van der Waals surface area contributed by atoms with Crippen LogP contribution in [-0.4, -0.2) is 7.05 Å². The van der Waals surface area contributed by atoms with E-state index in [2.05, 4.69) is 73.9 Å². The van der Waals surface area contributed by atoms with Gasteiger partial charge < -0.3 is 5.32 Å².